The van der Waals surface area contributed by atoms with Crippen molar-refractivity contribution in [3.63, 3.8) is 0 Å². The molecule has 40 heavy (non-hydrogen) atoms. The Hall–Kier alpha value is -2.82. The number of anilines is 1. The van der Waals surface area contributed by atoms with E-state index in [4.69, 9.17) is 18.9 Å². The number of benzene rings is 2. The molecule has 0 spiro atoms. The van der Waals surface area contributed by atoms with Gasteiger partial charge in [-0.1, -0.05) is 12.1 Å². The third-order valence-electron chi connectivity index (χ3n) is 8.27. The van der Waals surface area contributed by atoms with Crippen molar-refractivity contribution in [2.75, 3.05) is 44.4 Å². The highest BCUT2D eigenvalue weighted by Gasteiger charge is 2.46. The smallest absolute Gasteiger partial charge is 0.417 e. The molecule has 2 aromatic rings. The van der Waals surface area contributed by atoms with Crippen LogP contribution in [0.4, 0.5) is 23.7 Å². The van der Waals surface area contributed by atoms with Crippen LogP contribution in [0.3, 0.4) is 0 Å². The first-order chi connectivity index (χ1) is 18.8. The van der Waals surface area contributed by atoms with E-state index in [1.807, 2.05) is 32.9 Å². The van der Waals surface area contributed by atoms with Gasteiger partial charge >= 0.3 is 12.3 Å². The maximum atomic E-state index is 14.5. The molecule has 7 nitrogen and oxygen atoms in total. The van der Waals surface area contributed by atoms with Crippen molar-refractivity contribution in [2.45, 2.75) is 70.2 Å². The van der Waals surface area contributed by atoms with Crippen molar-refractivity contribution >= 4 is 11.8 Å². The minimum absolute atomic E-state index is 0.0409. The number of rotatable bonds is 2. The number of fused-ring (bicyclic) bond motifs is 3. The molecule has 0 aromatic heterocycles. The third-order valence-corrected chi connectivity index (χ3v) is 8.27. The molecule has 6 rings (SSSR count). The first kappa shape index (κ1) is 27.4. The number of halogens is 3. The predicted molar refractivity (Wildman–Crippen MR) is 142 cm³/mol. The number of piperidine rings is 1. The number of carbonyl (C=O) groups excluding carboxylic acids is 1. The van der Waals surface area contributed by atoms with Crippen LogP contribution < -0.4 is 4.90 Å². The third kappa shape index (κ3) is 4.84. The molecule has 0 aliphatic carbocycles. The van der Waals surface area contributed by atoms with Crippen LogP contribution in [0.2, 0.25) is 0 Å². The normalized spacial score (nSPS) is 24.0. The molecule has 10 heteroatoms. The Labute approximate surface area is 232 Å². The zero-order valence-corrected chi connectivity index (χ0v) is 23.3. The van der Waals surface area contributed by atoms with Crippen molar-refractivity contribution in [1.82, 2.24) is 4.90 Å². The van der Waals surface area contributed by atoms with Crippen LogP contribution in [0.15, 0.2) is 30.3 Å². The quantitative estimate of drug-likeness (QED) is 0.447. The van der Waals surface area contributed by atoms with Crippen LogP contribution in [0.5, 0.6) is 0 Å². The lowest BCUT2D eigenvalue weighted by atomic mass is 9.86. The van der Waals surface area contributed by atoms with Gasteiger partial charge in [0.15, 0.2) is 5.79 Å². The summed E-state index contributed by atoms with van der Waals surface area (Å²) >= 11 is 0. The summed E-state index contributed by atoms with van der Waals surface area (Å²) in [5, 5.41) is 0. The lowest BCUT2D eigenvalue weighted by Gasteiger charge is -2.39. The van der Waals surface area contributed by atoms with Crippen LogP contribution in [-0.4, -0.2) is 62.1 Å². The second-order valence-electron chi connectivity index (χ2n) is 12.1. The van der Waals surface area contributed by atoms with Crippen molar-refractivity contribution in [3.05, 3.63) is 52.6 Å². The number of ether oxygens (including phenoxy) is 4. The fourth-order valence-corrected chi connectivity index (χ4v) is 6.51. The minimum Gasteiger partial charge on any atom is -0.444 e. The minimum atomic E-state index is -4.59. The molecule has 2 unspecified atom stereocenters. The van der Waals surface area contributed by atoms with E-state index in [1.165, 1.54) is 6.07 Å². The summed E-state index contributed by atoms with van der Waals surface area (Å²) in [5.41, 5.74) is 2.42. The lowest BCUT2D eigenvalue weighted by Crippen LogP contribution is -2.49. The molecule has 0 radical (unpaired) electrons. The van der Waals surface area contributed by atoms with E-state index < -0.39 is 23.1 Å². The summed E-state index contributed by atoms with van der Waals surface area (Å²) in [5.74, 6) is -1.25. The second-order valence-corrected chi connectivity index (χ2v) is 12.1. The number of alkyl halides is 3. The van der Waals surface area contributed by atoms with Gasteiger partial charge in [-0.05, 0) is 69.0 Å². The van der Waals surface area contributed by atoms with Gasteiger partial charge in [-0.25, -0.2) is 4.79 Å². The Kier molecular flexibility index (Phi) is 6.59. The molecule has 0 N–H and O–H groups in total. The number of hydrogen-bond donors (Lipinski definition) is 0. The molecule has 4 heterocycles. The Bertz CT molecular complexity index is 1320. The van der Waals surface area contributed by atoms with Gasteiger partial charge in [-0.15, -0.1) is 0 Å². The van der Waals surface area contributed by atoms with Gasteiger partial charge in [-0.2, -0.15) is 13.2 Å². The summed E-state index contributed by atoms with van der Waals surface area (Å²) in [4.78, 5) is 17.0. The Morgan fingerprint density at radius 1 is 1.05 bits per heavy atom. The number of amides is 1. The highest BCUT2D eigenvalue weighted by Crippen LogP contribution is 2.50. The van der Waals surface area contributed by atoms with Gasteiger partial charge in [0.1, 0.15) is 5.60 Å². The molecule has 1 amide bonds. The number of nitrogens with zero attached hydrogens (tertiary/aromatic N) is 2. The fourth-order valence-electron chi connectivity index (χ4n) is 6.51. The van der Waals surface area contributed by atoms with E-state index in [9.17, 15) is 18.0 Å². The lowest BCUT2D eigenvalue weighted by molar-refractivity contribution is -0.151. The maximum Gasteiger partial charge on any atom is 0.417 e. The average Bonchev–Trinajstić information content (AvgIpc) is 3.38. The Morgan fingerprint density at radius 2 is 1.80 bits per heavy atom. The summed E-state index contributed by atoms with van der Waals surface area (Å²) in [6.45, 7) is 10.4. The Balaban J connectivity index is 1.43. The largest absolute Gasteiger partial charge is 0.444 e. The van der Waals surface area contributed by atoms with E-state index in [1.54, 1.807) is 17.9 Å². The molecule has 2 fully saturated rings. The molecule has 4 aliphatic rings. The van der Waals surface area contributed by atoms with E-state index in [2.05, 4.69) is 4.90 Å². The topological polar surface area (TPSA) is 60.5 Å². The number of hydrogen-bond acceptors (Lipinski definition) is 6. The highest BCUT2D eigenvalue weighted by molar-refractivity contribution is 5.78. The van der Waals surface area contributed by atoms with E-state index >= 15 is 0 Å². The first-order valence-corrected chi connectivity index (χ1v) is 13.8. The van der Waals surface area contributed by atoms with Crippen LogP contribution in [0.25, 0.3) is 11.1 Å². The van der Waals surface area contributed by atoms with Crippen LogP contribution >= 0.6 is 0 Å². The van der Waals surface area contributed by atoms with E-state index in [-0.39, 0.29) is 23.6 Å². The first-order valence-electron chi connectivity index (χ1n) is 13.8. The SMILES string of the molecule is CC(C)(C)OC(=O)N1CCC2C(C1)c1cc(-c3ccc(C4(C)OCCO4)cc3C(F)(F)F)cc3c1N2CCOC3. The average molecular weight is 561 g/mol. The molecule has 0 bridgehead atoms. The van der Waals surface area contributed by atoms with Gasteiger partial charge < -0.3 is 28.7 Å². The summed E-state index contributed by atoms with van der Waals surface area (Å²) < 4.78 is 66.3. The molecule has 4 aliphatic heterocycles. The number of carbonyl (C=O) groups is 1. The predicted octanol–water partition coefficient (Wildman–Crippen LogP) is 6.04. The molecule has 0 saturated carbocycles. The van der Waals surface area contributed by atoms with Crippen molar-refractivity contribution in [1.29, 1.82) is 0 Å². The van der Waals surface area contributed by atoms with Gasteiger partial charge in [0.05, 0.1) is 32.0 Å². The standard InChI is InChI=1S/C30H35F3N2O5/c1-28(2,3)40-27(36)34-8-7-25-23(16-34)22-14-18(13-19-17-37-10-9-35(25)26(19)22)21-6-5-20(15-24(21)30(31,32)33)29(4)38-11-12-39-29/h5-6,13-15,23,25H,7-12,16-17H2,1-4H3. The van der Waals surface area contributed by atoms with E-state index in [0.29, 0.717) is 57.2 Å². The van der Waals surface area contributed by atoms with Crippen LogP contribution in [0, 0.1) is 0 Å². The number of likely N-dealkylation sites (tertiary alicyclic amines) is 1. The second kappa shape index (κ2) is 9.63. The maximum absolute atomic E-state index is 14.5. The summed E-state index contributed by atoms with van der Waals surface area (Å²) in [7, 11) is 0. The van der Waals surface area contributed by atoms with Gasteiger partial charge in [0.25, 0.3) is 0 Å². The van der Waals surface area contributed by atoms with E-state index in [0.717, 1.165) is 29.3 Å². The van der Waals surface area contributed by atoms with Crippen molar-refractivity contribution in [3.8, 4) is 11.1 Å². The van der Waals surface area contributed by atoms with Crippen molar-refractivity contribution in [2.24, 2.45) is 0 Å². The van der Waals surface area contributed by atoms with Gasteiger partial charge in [0.2, 0.25) is 0 Å². The van der Waals surface area contributed by atoms with Gasteiger partial charge in [0, 0.05) is 48.4 Å². The molecule has 2 atom stereocenters. The summed E-state index contributed by atoms with van der Waals surface area (Å²) in [6, 6.07) is 8.16. The molecular formula is C30H35F3N2O5. The monoisotopic (exact) mass is 560 g/mol. The van der Waals surface area contributed by atoms with Crippen LogP contribution in [0.1, 0.15) is 62.3 Å². The van der Waals surface area contributed by atoms with Crippen molar-refractivity contribution < 1.29 is 36.9 Å². The molecular weight excluding hydrogens is 525 g/mol. The summed E-state index contributed by atoms with van der Waals surface area (Å²) in [6.07, 6.45) is -4.21. The zero-order valence-electron chi connectivity index (χ0n) is 23.3. The zero-order chi connectivity index (χ0) is 28.4. The highest BCUT2D eigenvalue weighted by atomic mass is 19.4. The molecule has 216 valence electrons. The Morgan fingerprint density at radius 3 is 2.50 bits per heavy atom. The fraction of sp³-hybridized carbons (Fsp3) is 0.567. The molecule has 2 aromatic carbocycles. The van der Waals surface area contributed by atoms with Gasteiger partial charge in [-0.3, -0.25) is 0 Å². The van der Waals surface area contributed by atoms with Crippen LogP contribution in [-0.2, 0) is 37.5 Å². The molecule has 2 saturated heterocycles.